The lowest BCUT2D eigenvalue weighted by atomic mass is 10.2. The summed E-state index contributed by atoms with van der Waals surface area (Å²) in [6, 6.07) is 8.29. The second-order valence-electron chi connectivity index (χ2n) is 4.47. The molecule has 2 N–H and O–H groups in total. The van der Waals surface area contributed by atoms with E-state index in [4.69, 9.17) is 0 Å². The smallest absolute Gasteiger partial charge is 0.274 e. The van der Waals surface area contributed by atoms with E-state index in [0.29, 0.717) is 5.69 Å². The molecule has 0 spiro atoms. The van der Waals surface area contributed by atoms with Gasteiger partial charge in [-0.2, -0.15) is 5.10 Å². The normalized spacial score (nSPS) is 10.4. The van der Waals surface area contributed by atoms with Gasteiger partial charge in [-0.25, -0.2) is 9.07 Å². The Kier molecular flexibility index (Phi) is 3.53. The van der Waals surface area contributed by atoms with Gasteiger partial charge in [-0.1, -0.05) is 0 Å². The summed E-state index contributed by atoms with van der Waals surface area (Å²) in [5, 5.41) is 16.1. The predicted molar refractivity (Wildman–Crippen MR) is 77.4 cm³/mol. The van der Waals surface area contributed by atoms with Crippen LogP contribution < -0.4 is 5.32 Å². The predicted octanol–water partition coefficient (Wildman–Crippen LogP) is 2.36. The summed E-state index contributed by atoms with van der Waals surface area (Å²) in [4.78, 5) is 16.1. The van der Waals surface area contributed by atoms with Crippen LogP contribution >= 0.6 is 0 Å². The summed E-state index contributed by atoms with van der Waals surface area (Å²) in [5.41, 5.74) is 0.765. The number of carbonyl (C=O) groups is 1. The van der Waals surface area contributed by atoms with E-state index in [-0.39, 0.29) is 17.1 Å². The van der Waals surface area contributed by atoms with Gasteiger partial charge in [0, 0.05) is 24.7 Å². The van der Waals surface area contributed by atoms with Gasteiger partial charge in [0.25, 0.3) is 5.91 Å². The number of hydrogen-bond acceptors (Lipinski definition) is 4. The minimum atomic E-state index is -0.564. The number of amides is 1. The Hall–Kier alpha value is -3.22. The van der Waals surface area contributed by atoms with Crippen molar-refractivity contribution in [1.29, 1.82) is 0 Å². The van der Waals surface area contributed by atoms with Gasteiger partial charge in [0.1, 0.15) is 17.3 Å². The van der Waals surface area contributed by atoms with Crippen molar-refractivity contribution in [1.82, 2.24) is 14.8 Å². The molecule has 1 aromatic carbocycles. The quantitative estimate of drug-likeness (QED) is 0.727. The first kappa shape index (κ1) is 13.7. The fraction of sp³-hybridized carbons (Fsp3) is 0. The molecule has 2 heterocycles. The first-order chi connectivity index (χ1) is 10.6. The van der Waals surface area contributed by atoms with E-state index in [1.54, 1.807) is 35.3 Å². The van der Waals surface area contributed by atoms with E-state index in [1.165, 1.54) is 12.3 Å². The molecule has 0 bridgehead atoms. The van der Waals surface area contributed by atoms with Crippen LogP contribution in [0.2, 0.25) is 0 Å². The number of rotatable bonds is 3. The van der Waals surface area contributed by atoms with Crippen LogP contribution in [0.15, 0.2) is 55.0 Å². The maximum Gasteiger partial charge on any atom is 0.274 e. The van der Waals surface area contributed by atoms with Crippen molar-refractivity contribution in [2.45, 2.75) is 0 Å². The Morgan fingerprint density at radius 3 is 2.86 bits per heavy atom. The van der Waals surface area contributed by atoms with Gasteiger partial charge in [-0.3, -0.25) is 9.78 Å². The molecule has 3 aromatic rings. The number of nitrogens with one attached hydrogen (secondary N) is 1. The maximum atomic E-state index is 13.2. The van der Waals surface area contributed by atoms with Crippen molar-refractivity contribution in [2.24, 2.45) is 0 Å². The Bertz CT molecular complexity index is 818. The molecule has 7 heteroatoms. The molecule has 6 nitrogen and oxygen atoms in total. The number of carbonyl (C=O) groups excluding carboxylic acids is 1. The SMILES string of the molecule is O=C(Nc1cc(F)ccc1O)c1cc(-n2cccn2)ccn1. The second kappa shape index (κ2) is 5.65. The number of halogens is 1. The van der Waals surface area contributed by atoms with E-state index >= 15 is 0 Å². The molecule has 0 aliphatic rings. The monoisotopic (exact) mass is 298 g/mol. The molecule has 0 aliphatic heterocycles. The van der Waals surface area contributed by atoms with Crippen molar-refractivity contribution < 1.29 is 14.3 Å². The standard InChI is InChI=1S/C15H11FN4O2/c16-10-2-3-14(21)12(8-10)19-15(22)13-9-11(4-6-17-13)20-7-1-5-18-20/h1-9,21H,(H,19,22). The summed E-state index contributed by atoms with van der Waals surface area (Å²) in [5.74, 6) is -1.35. The van der Waals surface area contributed by atoms with Crippen LogP contribution in [0.3, 0.4) is 0 Å². The van der Waals surface area contributed by atoms with Crippen LogP contribution in [-0.2, 0) is 0 Å². The number of anilines is 1. The molecule has 1 amide bonds. The molecule has 0 fully saturated rings. The van der Waals surface area contributed by atoms with E-state index < -0.39 is 11.7 Å². The van der Waals surface area contributed by atoms with Crippen LogP contribution in [0.5, 0.6) is 5.75 Å². The zero-order valence-electron chi connectivity index (χ0n) is 11.3. The number of hydrogen-bond donors (Lipinski definition) is 2. The number of phenols is 1. The summed E-state index contributed by atoms with van der Waals surface area (Å²) in [6.45, 7) is 0. The second-order valence-corrected chi connectivity index (χ2v) is 4.47. The van der Waals surface area contributed by atoms with E-state index in [2.05, 4.69) is 15.4 Å². The van der Waals surface area contributed by atoms with Gasteiger partial charge >= 0.3 is 0 Å². The highest BCUT2D eigenvalue weighted by molar-refractivity contribution is 6.03. The molecule has 0 radical (unpaired) electrons. The first-order valence-corrected chi connectivity index (χ1v) is 6.39. The van der Waals surface area contributed by atoms with Crippen molar-refractivity contribution >= 4 is 11.6 Å². The zero-order valence-corrected chi connectivity index (χ0v) is 11.3. The number of aromatic hydroxyl groups is 1. The Labute approximate surface area is 124 Å². The average Bonchev–Trinajstić information content (AvgIpc) is 3.05. The first-order valence-electron chi connectivity index (χ1n) is 6.39. The minimum Gasteiger partial charge on any atom is -0.506 e. The summed E-state index contributed by atoms with van der Waals surface area (Å²) >= 11 is 0. The third kappa shape index (κ3) is 2.78. The topological polar surface area (TPSA) is 80.0 Å². The molecule has 0 aliphatic carbocycles. The van der Waals surface area contributed by atoms with E-state index in [9.17, 15) is 14.3 Å². The van der Waals surface area contributed by atoms with Crippen LogP contribution in [0.1, 0.15) is 10.5 Å². The number of benzene rings is 1. The van der Waals surface area contributed by atoms with Gasteiger partial charge < -0.3 is 10.4 Å². The minimum absolute atomic E-state index is 0.0173. The van der Waals surface area contributed by atoms with Crippen molar-refractivity contribution in [3.05, 3.63) is 66.5 Å². The molecular formula is C15H11FN4O2. The van der Waals surface area contributed by atoms with Gasteiger partial charge in [-0.15, -0.1) is 0 Å². The lowest BCUT2D eigenvalue weighted by Gasteiger charge is -2.08. The van der Waals surface area contributed by atoms with Gasteiger partial charge in [-0.05, 0) is 30.3 Å². The average molecular weight is 298 g/mol. The molecule has 2 aromatic heterocycles. The number of nitrogens with zero attached hydrogens (tertiary/aromatic N) is 3. The zero-order chi connectivity index (χ0) is 15.5. The molecule has 0 saturated carbocycles. The molecule has 0 saturated heterocycles. The van der Waals surface area contributed by atoms with Crippen molar-refractivity contribution in [3.8, 4) is 11.4 Å². The van der Waals surface area contributed by atoms with Crippen molar-refractivity contribution in [2.75, 3.05) is 5.32 Å². The molecule has 22 heavy (non-hydrogen) atoms. The molecule has 110 valence electrons. The number of aromatic nitrogens is 3. The van der Waals surface area contributed by atoms with Crippen LogP contribution in [-0.4, -0.2) is 25.8 Å². The summed E-state index contributed by atoms with van der Waals surface area (Å²) in [7, 11) is 0. The highest BCUT2D eigenvalue weighted by Crippen LogP contribution is 2.24. The molecule has 0 atom stereocenters. The summed E-state index contributed by atoms with van der Waals surface area (Å²) in [6.07, 6.45) is 4.82. The van der Waals surface area contributed by atoms with Gasteiger partial charge in [0.2, 0.25) is 0 Å². The largest absolute Gasteiger partial charge is 0.506 e. The maximum absolute atomic E-state index is 13.2. The van der Waals surface area contributed by atoms with Crippen molar-refractivity contribution in [3.63, 3.8) is 0 Å². The lowest BCUT2D eigenvalue weighted by molar-refractivity contribution is 0.102. The third-order valence-electron chi connectivity index (χ3n) is 2.95. The van der Waals surface area contributed by atoms with E-state index in [0.717, 1.165) is 12.1 Å². The highest BCUT2D eigenvalue weighted by atomic mass is 19.1. The Morgan fingerprint density at radius 1 is 1.23 bits per heavy atom. The number of phenolic OH excluding ortho intramolecular Hbond substituents is 1. The van der Waals surface area contributed by atoms with Gasteiger partial charge in [0.05, 0.1) is 11.4 Å². The fourth-order valence-corrected chi connectivity index (χ4v) is 1.90. The van der Waals surface area contributed by atoms with E-state index in [1.807, 2.05) is 0 Å². The lowest BCUT2D eigenvalue weighted by Crippen LogP contribution is -2.14. The summed E-state index contributed by atoms with van der Waals surface area (Å²) < 4.78 is 14.7. The Balaban J connectivity index is 1.86. The number of pyridine rings is 1. The van der Waals surface area contributed by atoms with Crippen LogP contribution in [0.4, 0.5) is 10.1 Å². The highest BCUT2D eigenvalue weighted by Gasteiger charge is 2.12. The third-order valence-corrected chi connectivity index (χ3v) is 2.95. The molecule has 0 unspecified atom stereocenters. The molecule has 3 rings (SSSR count). The van der Waals surface area contributed by atoms with Gasteiger partial charge in [0.15, 0.2) is 0 Å². The molecular weight excluding hydrogens is 287 g/mol. The fourth-order valence-electron chi connectivity index (χ4n) is 1.90. The Morgan fingerprint density at radius 2 is 2.09 bits per heavy atom. The van der Waals surface area contributed by atoms with Crippen LogP contribution in [0.25, 0.3) is 5.69 Å². The van der Waals surface area contributed by atoms with Crippen LogP contribution in [0, 0.1) is 5.82 Å².